The van der Waals surface area contributed by atoms with E-state index in [1.54, 1.807) is 21.3 Å². The summed E-state index contributed by atoms with van der Waals surface area (Å²) in [6, 6.07) is 0. The number of rotatable bonds is 5. The van der Waals surface area contributed by atoms with Crippen LogP contribution in [-0.4, -0.2) is 30.1 Å². The van der Waals surface area contributed by atoms with Gasteiger partial charge >= 0.3 is 8.80 Å². The predicted octanol–water partition coefficient (Wildman–Crippen LogP) is 1.91. The molecule has 0 amide bonds. The second-order valence-corrected chi connectivity index (χ2v) is 6.59. The summed E-state index contributed by atoms with van der Waals surface area (Å²) < 4.78 is 16.1. The zero-order valence-corrected chi connectivity index (χ0v) is 9.88. The van der Waals surface area contributed by atoms with Crippen molar-refractivity contribution >= 4 is 8.80 Å². The van der Waals surface area contributed by atoms with Crippen molar-refractivity contribution in [1.29, 1.82) is 0 Å². The smallest absolute Gasteiger partial charge is 0.377 e. The monoisotopic (exact) mass is 192 g/mol. The Morgan fingerprint density at radius 2 is 1.17 bits per heavy atom. The highest BCUT2D eigenvalue weighted by molar-refractivity contribution is 6.62. The third kappa shape index (κ3) is 2.29. The van der Waals surface area contributed by atoms with Gasteiger partial charge in [-0.3, -0.25) is 0 Å². The molecule has 0 saturated carbocycles. The van der Waals surface area contributed by atoms with Crippen LogP contribution in [0.1, 0.15) is 20.8 Å². The van der Waals surface area contributed by atoms with Gasteiger partial charge in [0, 0.05) is 26.9 Å². The van der Waals surface area contributed by atoms with Crippen LogP contribution in [0, 0.1) is 5.92 Å². The molecule has 0 saturated heterocycles. The first-order valence-corrected chi connectivity index (χ1v) is 5.99. The lowest BCUT2D eigenvalue weighted by molar-refractivity contribution is 0.106. The molecule has 0 N–H and O–H groups in total. The second-order valence-electron chi connectivity index (χ2n) is 3.25. The van der Waals surface area contributed by atoms with Gasteiger partial charge in [-0.1, -0.05) is 20.8 Å². The molecule has 0 bridgehead atoms. The predicted molar refractivity (Wildman–Crippen MR) is 51.0 cm³/mol. The van der Waals surface area contributed by atoms with Gasteiger partial charge in [0.1, 0.15) is 0 Å². The zero-order valence-electron chi connectivity index (χ0n) is 8.88. The van der Waals surface area contributed by atoms with Crippen molar-refractivity contribution in [2.24, 2.45) is 5.92 Å². The van der Waals surface area contributed by atoms with Crippen LogP contribution in [0.5, 0.6) is 0 Å². The first kappa shape index (κ1) is 12.1. The minimum absolute atomic E-state index is 0.331. The fraction of sp³-hybridized carbons (Fsp3) is 1.00. The van der Waals surface area contributed by atoms with E-state index in [0.29, 0.717) is 11.5 Å². The lowest BCUT2D eigenvalue weighted by atomic mass is 10.1. The van der Waals surface area contributed by atoms with Crippen molar-refractivity contribution in [3.05, 3.63) is 0 Å². The topological polar surface area (TPSA) is 27.7 Å². The van der Waals surface area contributed by atoms with Crippen molar-refractivity contribution in [2.45, 2.75) is 26.3 Å². The Morgan fingerprint density at radius 1 is 0.833 bits per heavy atom. The van der Waals surface area contributed by atoms with Crippen LogP contribution in [0.3, 0.4) is 0 Å². The van der Waals surface area contributed by atoms with Crippen molar-refractivity contribution in [3.63, 3.8) is 0 Å². The van der Waals surface area contributed by atoms with E-state index in [1.165, 1.54) is 0 Å². The van der Waals surface area contributed by atoms with Crippen molar-refractivity contribution in [3.8, 4) is 0 Å². The summed E-state index contributed by atoms with van der Waals surface area (Å²) in [6.45, 7) is 6.39. The fourth-order valence-corrected chi connectivity index (χ4v) is 3.65. The third-order valence-corrected chi connectivity index (χ3v) is 5.90. The van der Waals surface area contributed by atoms with Crippen LogP contribution in [-0.2, 0) is 13.3 Å². The van der Waals surface area contributed by atoms with Crippen LogP contribution in [0.25, 0.3) is 0 Å². The van der Waals surface area contributed by atoms with E-state index in [4.69, 9.17) is 13.3 Å². The van der Waals surface area contributed by atoms with Gasteiger partial charge in [0.2, 0.25) is 0 Å². The zero-order chi connectivity index (χ0) is 9.78. The molecule has 1 atom stereocenters. The average Bonchev–Trinajstić information content (AvgIpc) is 2.08. The molecule has 1 unspecified atom stereocenters. The highest BCUT2D eigenvalue weighted by atomic mass is 28.4. The lowest BCUT2D eigenvalue weighted by Gasteiger charge is -2.32. The summed E-state index contributed by atoms with van der Waals surface area (Å²) >= 11 is 0. The Hall–Kier alpha value is 0.0969. The van der Waals surface area contributed by atoms with Crippen molar-refractivity contribution in [2.75, 3.05) is 21.3 Å². The van der Waals surface area contributed by atoms with Crippen LogP contribution >= 0.6 is 0 Å². The van der Waals surface area contributed by atoms with Gasteiger partial charge in [0.25, 0.3) is 0 Å². The quantitative estimate of drug-likeness (QED) is 0.623. The van der Waals surface area contributed by atoms with Crippen LogP contribution in [0.4, 0.5) is 0 Å². The molecule has 74 valence electrons. The van der Waals surface area contributed by atoms with E-state index in [0.717, 1.165) is 0 Å². The van der Waals surface area contributed by atoms with E-state index in [1.807, 2.05) is 0 Å². The van der Waals surface area contributed by atoms with Gasteiger partial charge < -0.3 is 13.3 Å². The highest BCUT2D eigenvalue weighted by Crippen LogP contribution is 2.30. The summed E-state index contributed by atoms with van der Waals surface area (Å²) in [5.74, 6) is 0.511. The van der Waals surface area contributed by atoms with E-state index >= 15 is 0 Å². The Bertz CT molecular complexity index is 115. The summed E-state index contributed by atoms with van der Waals surface area (Å²) in [6.07, 6.45) is 0. The number of hydrogen-bond donors (Lipinski definition) is 0. The molecule has 3 nitrogen and oxygen atoms in total. The highest BCUT2D eigenvalue weighted by Gasteiger charge is 2.45. The fourth-order valence-electron chi connectivity index (χ4n) is 1.22. The normalized spacial score (nSPS) is 15.2. The van der Waals surface area contributed by atoms with E-state index < -0.39 is 8.80 Å². The van der Waals surface area contributed by atoms with Gasteiger partial charge in [-0.15, -0.1) is 0 Å². The minimum Gasteiger partial charge on any atom is -0.377 e. The minimum atomic E-state index is -2.38. The molecular formula is C8H20O3Si. The maximum atomic E-state index is 5.35. The van der Waals surface area contributed by atoms with Gasteiger partial charge in [-0.25, -0.2) is 0 Å². The molecule has 0 aromatic heterocycles. The van der Waals surface area contributed by atoms with Gasteiger partial charge in [0.05, 0.1) is 0 Å². The molecule has 0 spiro atoms. The average molecular weight is 192 g/mol. The Morgan fingerprint density at radius 3 is 1.25 bits per heavy atom. The first-order chi connectivity index (χ1) is 5.54. The Labute approximate surface area is 76.4 Å². The van der Waals surface area contributed by atoms with Gasteiger partial charge in [-0.05, 0) is 5.92 Å². The maximum absolute atomic E-state index is 5.35. The molecule has 4 heteroatoms. The molecule has 0 radical (unpaired) electrons. The van der Waals surface area contributed by atoms with E-state index in [-0.39, 0.29) is 0 Å². The van der Waals surface area contributed by atoms with Crippen LogP contribution in [0.2, 0.25) is 5.54 Å². The van der Waals surface area contributed by atoms with Crippen molar-refractivity contribution < 1.29 is 13.3 Å². The molecule has 0 fully saturated rings. The van der Waals surface area contributed by atoms with Gasteiger partial charge in [-0.2, -0.15) is 0 Å². The molecule has 0 aromatic rings. The summed E-state index contributed by atoms with van der Waals surface area (Å²) in [5.41, 5.74) is 0.331. The molecule has 0 rings (SSSR count). The van der Waals surface area contributed by atoms with E-state index in [2.05, 4.69) is 20.8 Å². The maximum Gasteiger partial charge on any atom is 0.503 e. The Balaban J connectivity index is 4.46. The molecule has 0 heterocycles. The first-order valence-electron chi connectivity index (χ1n) is 4.19. The van der Waals surface area contributed by atoms with Gasteiger partial charge in [0.15, 0.2) is 0 Å². The summed E-state index contributed by atoms with van der Waals surface area (Å²) in [4.78, 5) is 0. The molecule has 0 aromatic carbocycles. The molecule has 12 heavy (non-hydrogen) atoms. The standard InChI is InChI=1S/C8H20O3Si/c1-7(2)8(3)12(9-4,10-5)11-6/h7-8H,1-6H3. The molecular weight excluding hydrogens is 172 g/mol. The second kappa shape index (κ2) is 4.96. The summed E-state index contributed by atoms with van der Waals surface area (Å²) in [7, 11) is 2.57. The molecule has 0 aliphatic carbocycles. The largest absolute Gasteiger partial charge is 0.503 e. The van der Waals surface area contributed by atoms with Crippen LogP contribution in [0.15, 0.2) is 0 Å². The number of hydrogen-bond acceptors (Lipinski definition) is 3. The molecule has 0 aliphatic heterocycles. The summed E-state index contributed by atoms with van der Waals surface area (Å²) in [5, 5.41) is 0. The Kier molecular flexibility index (Phi) is 5.00. The van der Waals surface area contributed by atoms with E-state index in [9.17, 15) is 0 Å². The van der Waals surface area contributed by atoms with Crippen molar-refractivity contribution in [1.82, 2.24) is 0 Å². The van der Waals surface area contributed by atoms with Crippen LogP contribution < -0.4 is 0 Å². The lowest BCUT2D eigenvalue weighted by Crippen LogP contribution is -2.48. The third-order valence-electron chi connectivity index (χ3n) is 2.41. The SMILES string of the molecule is CO[Si](OC)(OC)C(C)C(C)C. The molecule has 0 aliphatic rings.